The molecule has 1 aliphatic heterocycles. The average Bonchev–Trinajstić information content (AvgIpc) is 3.48. The smallest absolute Gasteiger partial charge is 0.322 e. The van der Waals surface area contributed by atoms with E-state index in [0.717, 1.165) is 51.8 Å². The number of carbonyl (C=O) groups is 1. The summed E-state index contributed by atoms with van der Waals surface area (Å²) in [6, 6.07) is 19.2. The number of thiophene rings is 1. The molecule has 0 saturated carbocycles. The van der Waals surface area contributed by atoms with E-state index < -0.39 is 17.6 Å². The lowest BCUT2D eigenvalue weighted by atomic mass is 9.99. The molecule has 1 fully saturated rings. The van der Waals surface area contributed by atoms with E-state index in [4.69, 9.17) is 4.98 Å². The van der Waals surface area contributed by atoms with Gasteiger partial charge in [0.05, 0.1) is 11.3 Å². The van der Waals surface area contributed by atoms with Crippen molar-refractivity contribution in [2.75, 3.05) is 38.5 Å². The third kappa shape index (κ3) is 6.77. The van der Waals surface area contributed by atoms with Gasteiger partial charge in [0.25, 0.3) is 5.91 Å². The average molecular weight is 602 g/mol. The Morgan fingerprint density at radius 2 is 1.74 bits per heavy atom. The van der Waals surface area contributed by atoms with Crippen molar-refractivity contribution < 1.29 is 18.0 Å². The van der Waals surface area contributed by atoms with Crippen molar-refractivity contribution in [2.45, 2.75) is 19.1 Å². The highest BCUT2D eigenvalue weighted by Gasteiger charge is 2.34. The number of alkyl halides is 3. The number of aromatic nitrogens is 2. The molecule has 3 aromatic heterocycles. The molecule has 1 aliphatic rings. The topological polar surface area (TPSA) is 61.4 Å². The number of amides is 1. The van der Waals surface area contributed by atoms with Gasteiger partial charge < -0.3 is 10.2 Å². The normalized spacial score (nSPS) is 14.7. The van der Waals surface area contributed by atoms with Gasteiger partial charge in [-0.2, -0.15) is 13.2 Å². The summed E-state index contributed by atoms with van der Waals surface area (Å²) < 4.78 is 42.1. The first-order valence-electron chi connectivity index (χ1n) is 14.0. The second kappa shape index (κ2) is 12.2. The van der Waals surface area contributed by atoms with E-state index in [0.29, 0.717) is 25.1 Å². The SMILES string of the molecule is CN1CCN(Cc2ccc(NC(=O)c3cccc(Cc4cc(-c5ccncc5)nc5sccc45)c3)cc2C(F)(F)F)CC1. The Morgan fingerprint density at radius 3 is 2.51 bits per heavy atom. The standard InChI is InChI=1S/C33H30F3N5OS/c1-40-12-14-41(15-13-40)21-25-5-6-27(20-29(25)33(34,35)36)38-31(42)24-4-2-3-22(17-24)18-26-19-30(23-7-10-37-11-8-23)39-32-28(26)9-16-43-32/h2-11,16-17,19-20H,12-15,18,21H2,1H3,(H,38,42). The highest BCUT2D eigenvalue weighted by molar-refractivity contribution is 7.16. The Hall–Kier alpha value is -4.12. The summed E-state index contributed by atoms with van der Waals surface area (Å²) in [5.74, 6) is -0.463. The van der Waals surface area contributed by atoms with Crippen LogP contribution in [0.1, 0.15) is 32.6 Å². The summed E-state index contributed by atoms with van der Waals surface area (Å²) in [5, 5.41) is 5.74. The zero-order valence-electron chi connectivity index (χ0n) is 23.6. The number of hydrogen-bond acceptors (Lipinski definition) is 6. The molecule has 6 nitrogen and oxygen atoms in total. The Balaban J connectivity index is 1.21. The van der Waals surface area contributed by atoms with Crippen molar-refractivity contribution in [3.05, 3.63) is 112 Å². The van der Waals surface area contributed by atoms with Gasteiger partial charge in [-0.05, 0) is 84.1 Å². The third-order valence-electron chi connectivity index (χ3n) is 7.75. The number of carbonyl (C=O) groups excluding carboxylic acids is 1. The minimum Gasteiger partial charge on any atom is -0.322 e. The lowest BCUT2D eigenvalue weighted by Crippen LogP contribution is -2.44. The number of piperazine rings is 1. The zero-order chi connectivity index (χ0) is 30.0. The number of anilines is 1. The first-order chi connectivity index (χ1) is 20.7. The minimum absolute atomic E-state index is 0.112. The number of nitrogens with zero attached hydrogens (tertiary/aromatic N) is 4. The summed E-state index contributed by atoms with van der Waals surface area (Å²) >= 11 is 1.57. The molecule has 0 atom stereocenters. The van der Waals surface area contributed by atoms with Crippen LogP contribution in [0.25, 0.3) is 21.5 Å². The van der Waals surface area contributed by atoms with Gasteiger partial charge in [0.15, 0.2) is 0 Å². The molecular weight excluding hydrogens is 571 g/mol. The maximum atomic E-state index is 14.0. The largest absolute Gasteiger partial charge is 0.416 e. The van der Waals surface area contributed by atoms with E-state index in [9.17, 15) is 18.0 Å². The van der Waals surface area contributed by atoms with E-state index in [1.165, 1.54) is 6.07 Å². The molecule has 5 aromatic rings. The minimum atomic E-state index is -4.53. The fourth-order valence-electron chi connectivity index (χ4n) is 5.38. The van der Waals surface area contributed by atoms with Crippen LogP contribution in [0.2, 0.25) is 0 Å². The van der Waals surface area contributed by atoms with Crippen LogP contribution in [0.3, 0.4) is 0 Å². The van der Waals surface area contributed by atoms with Crippen LogP contribution < -0.4 is 5.32 Å². The number of benzene rings is 2. The number of fused-ring (bicyclic) bond motifs is 1. The molecule has 220 valence electrons. The van der Waals surface area contributed by atoms with Crippen LogP contribution in [-0.4, -0.2) is 58.9 Å². The molecule has 0 aliphatic carbocycles. The van der Waals surface area contributed by atoms with Crippen molar-refractivity contribution in [3.8, 4) is 11.3 Å². The maximum Gasteiger partial charge on any atom is 0.416 e. The Labute approximate surface area is 251 Å². The molecule has 1 saturated heterocycles. The van der Waals surface area contributed by atoms with Crippen molar-refractivity contribution in [2.24, 2.45) is 0 Å². The number of nitrogens with one attached hydrogen (secondary N) is 1. The highest BCUT2D eigenvalue weighted by atomic mass is 32.1. The van der Waals surface area contributed by atoms with Gasteiger partial charge in [-0.1, -0.05) is 18.2 Å². The summed E-state index contributed by atoms with van der Waals surface area (Å²) in [5.41, 5.74) is 3.76. The molecular formula is C33H30F3N5OS. The molecule has 1 N–H and O–H groups in total. The molecule has 1 amide bonds. The van der Waals surface area contributed by atoms with Crippen LogP contribution in [0.15, 0.2) is 84.5 Å². The first-order valence-corrected chi connectivity index (χ1v) is 14.9. The van der Waals surface area contributed by atoms with Gasteiger partial charge in [-0.25, -0.2) is 4.98 Å². The predicted octanol–water partition coefficient (Wildman–Crippen LogP) is 6.97. The summed E-state index contributed by atoms with van der Waals surface area (Å²) in [7, 11) is 2.01. The summed E-state index contributed by atoms with van der Waals surface area (Å²) in [4.78, 5) is 27.2. The van der Waals surface area contributed by atoms with Crippen molar-refractivity contribution in [1.82, 2.24) is 19.8 Å². The maximum absolute atomic E-state index is 14.0. The molecule has 43 heavy (non-hydrogen) atoms. The molecule has 4 heterocycles. The van der Waals surface area contributed by atoms with Crippen LogP contribution in [0, 0.1) is 0 Å². The van der Waals surface area contributed by atoms with Crippen LogP contribution in [0.5, 0.6) is 0 Å². The van der Waals surface area contributed by atoms with Crippen molar-refractivity contribution >= 4 is 33.1 Å². The quantitative estimate of drug-likeness (QED) is 0.218. The van der Waals surface area contributed by atoms with Gasteiger partial charge >= 0.3 is 6.18 Å². The van der Waals surface area contributed by atoms with E-state index >= 15 is 0 Å². The first kappa shape index (κ1) is 29.0. The molecule has 0 spiro atoms. The number of likely N-dealkylation sites (N-methyl/N-ethyl adjacent to an activating group) is 1. The lowest BCUT2D eigenvalue weighted by Gasteiger charge is -2.33. The van der Waals surface area contributed by atoms with Crippen LogP contribution >= 0.6 is 11.3 Å². The fourth-order valence-corrected chi connectivity index (χ4v) is 6.19. The second-order valence-corrected chi connectivity index (χ2v) is 11.7. The van der Waals surface area contributed by atoms with E-state index in [2.05, 4.69) is 21.3 Å². The van der Waals surface area contributed by atoms with Gasteiger partial charge in [0.1, 0.15) is 4.83 Å². The lowest BCUT2D eigenvalue weighted by molar-refractivity contribution is -0.138. The monoisotopic (exact) mass is 601 g/mol. The number of pyridine rings is 2. The highest BCUT2D eigenvalue weighted by Crippen LogP contribution is 2.35. The molecule has 2 aromatic carbocycles. The molecule has 0 bridgehead atoms. The fraction of sp³-hybridized carbons (Fsp3) is 0.242. The van der Waals surface area contributed by atoms with Crippen molar-refractivity contribution in [3.63, 3.8) is 0 Å². The van der Waals surface area contributed by atoms with E-state index in [-0.39, 0.29) is 17.8 Å². The van der Waals surface area contributed by atoms with Crippen molar-refractivity contribution in [1.29, 1.82) is 0 Å². The molecule has 6 rings (SSSR count). The summed E-state index contributed by atoms with van der Waals surface area (Å²) in [6.07, 6.45) is -0.504. The predicted molar refractivity (Wildman–Crippen MR) is 164 cm³/mol. The summed E-state index contributed by atoms with van der Waals surface area (Å²) in [6.45, 7) is 3.28. The third-order valence-corrected chi connectivity index (χ3v) is 8.55. The Morgan fingerprint density at radius 1 is 0.953 bits per heavy atom. The Bertz CT molecular complexity index is 1750. The number of hydrogen-bond donors (Lipinski definition) is 1. The second-order valence-electron chi connectivity index (χ2n) is 10.8. The van der Waals surface area contributed by atoms with Crippen LogP contribution in [0.4, 0.5) is 18.9 Å². The van der Waals surface area contributed by atoms with Gasteiger partial charge in [-0.3, -0.25) is 14.7 Å². The Kier molecular flexibility index (Phi) is 8.25. The molecule has 10 heteroatoms. The van der Waals surface area contributed by atoms with Gasteiger partial charge in [0.2, 0.25) is 0 Å². The number of rotatable bonds is 7. The van der Waals surface area contributed by atoms with E-state index in [1.54, 1.807) is 48.0 Å². The van der Waals surface area contributed by atoms with Gasteiger partial charge in [-0.15, -0.1) is 11.3 Å². The van der Waals surface area contributed by atoms with Gasteiger partial charge in [0, 0.05) is 67.3 Å². The number of halogens is 3. The molecule has 0 unspecified atom stereocenters. The molecule has 0 radical (unpaired) electrons. The zero-order valence-corrected chi connectivity index (χ0v) is 24.4. The van der Waals surface area contributed by atoms with E-state index in [1.807, 2.05) is 41.6 Å². The van der Waals surface area contributed by atoms with Crippen LogP contribution in [-0.2, 0) is 19.1 Å².